The van der Waals surface area contributed by atoms with Gasteiger partial charge in [-0.15, -0.1) is 0 Å². The Morgan fingerprint density at radius 1 is 1.27 bits per heavy atom. The van der Waals surface area contributed by atoms with Crippen LogP contribution in [0.3, 0.4) is 0 Å². The minimum absolute atomic E-state index is 0.128. The van der Waals surface area contributed by atoms with Gasteiger partial charge >= 0.3 is 0 Å². The van der Waals surface area contributed by atoms with Crippen molar-refractivity contribution in [3.63, 3.8) is 0 Å². The number of halogens is 1. The van der Waals surface area contributed by atoms with E-state index < -0.39 is 15.1 Å². The van der Waals surface area contributed by atoms with Gasteiger partial charge in [0, 0.05) is 29.8 Å². The van der Waals surface area contributed by atoms with Crippen molar-refractivity contribution in [2.75, 3.05) is 30.4 Å². The Labute approximate surface area is 179 Å². The SMILES string of the molecule is CC1COCCN1c1cc(C2CCCS2(=O)=O)nc(-c2cc(Cl)nc3[nH]ccc23)n1. The van der Waals surface area contributed by atoms with Crippen LogP contribution in [0.2, 0.25) is 5.15 Å². The van der Waals surface area contributed by atoms with Gasteiger partial charge in [0.1, 0.15) is 21.9 Å². The largest absolute Gasteiger partial charge is 0.377 e. The molecule has 0 aromatic carbocycles. The molecule has 3 aromatic rings. The zero-order valence-corrected chi connectivity index (χ0v) is 18.1. The van der Waals surface area contributed by atoms with Gasteiger partial charge in [0.15, 0.2) is 15.7 Å². The number of sulfone groups is 1. The first-order valence-corrected chi connectivity index (χ1v) is 12.1. The number of ether oxygens (including phenoxy) is 1. The van der Waals surface area contributed by atoms with Gasteiger partial charge in [-0.2, -0.15) is 0 Å². The topological polar surface area (TPSA) is 101 Å². The standard InChI is InChI=1S/C20H22ClN5O3S/c1-12-11-29-7-6-26(12)18-10-15(16-3-2-8-30(16,27)28)23-20(25-18)14-9-17(21)24-19-13(14)4-5-22-19/h4-5,9-10,12,16H,2-3,6-8,11H2,1H3,(H,22,24). The first-order valence-electron chi connectivity index (χ1n) is 10.0. The Morgan fingerprint density at radius 2 is 2.13 bits per heavy atom. The average Bonchev–Trinajstić information content (AvgIpc) is 3.32. The van der Waals surface area contributed by atoms with Crippen molar-refractivity contribution in [3.05, 3.63) is 35.2 Å². The first kappa shape index (κ1) is 19.7. The van der Waals surface area contributed by atoms with Crippen molar-refractivity contribution < 1.29 is 13.2 Å². The molecule has 2 atom stereocenters. The fourth-order valence-electron chi connectivity index (χ4n) is 4.27. The molecule has 2 saturated heterocycles. The fraction of sp³-hybridized carbons (Fsp3) is 0.450. The Kier molecular flexibility index (Phi) is 4.91. The van der Waals surface area contributed by atoms with E-state index in [4.69, 9.17) is 26.3 Å². The number of hydrogen-bond acceptors (Lipinski definition) is 7. The van der Waals surface area contributed by atoms with Crippen LogP contribution in [0.25, 0.3) is 22.4 Å². The van der Waals surface area contributed by atoms with Crippen LogP contribution >= 0.6 is 11.6 Å². The summed E-state index contributed by atoms with van der Waals surface area (Å²) < 4.78 is 30.9. The molecule has 10 heteroatoms. The number of anilines is 1. The maximum absolute atomic E-state index is 12.7. The highest BCUT2D eigenvalue weighted by molar-refractivity contribution is 7.91. The third-order valence-corrected chi connectivity index (χ3v) is 8.19. The van der Waals surface area contributed by atoms with Crippen LogP contribution in [0.1, 0.15) is 30.7 Å². The van der Waals surface area contributed by atoms with Crippen molar-refractivity contribution in [1.82, 2.24) is 19.9 Å². The maximum Gasteiger partial charge on any atom is 0.162 e. The number of rotatable bonds is 3. The lowest BCUT2D eigenvalue weighted by atomic mass is 10.1. The molecule has 8 nitrogen and oxygen atoms in total. The van der Waals surface area contributed by atoms with E-state index in [9.17, 15) is 8.42 Å². The van der Waals surface area contributed by atoms with Gasteiger partial charge in [0.2, 0.25) is 0 Å². The average molecular weight is 448 g/mol. The molecule has 0 bridgehead atoms. The molecule has 5 heterocycles. The molecular formula is C20H22ClN5O3S. The summed E-state index contributed by atoms with van der Waals surface area (Å²) >= 11 is 6.24. The number of hydrogen-bond donors (Lipinski definition) is 1. The molecule has 158 valence electrons. The second-order valence-corrected chi connectivity index (χ2v) is 10.5. The number of fused-ring (bicyclic) bond motifs is 1. The monoisotopic (exact) mass is 447 g/mol. The maximum atomic E-state index is 12.7. The number of nitrogens with zero attached hydrogens (tertiary/aromatic N) is 4. The quantitative estimate of drug-likeness (QED) is 0.615. The summed E-state index contributed by atoms with van der Waals surface area (Å²) in [6.07, 6.45) is 3.01. The molecule has 0 radical (unpaired) electrons. The number of morpholine rings is 1. The summed E-state index contributed by atoms with van der Waals surface area (Å²) in [5, 5.41) is 0.559. The number of nitrogens with one attached hydrogen (secondary N) is 1. The van der Waals surface area contributed by atoms with Crippen LogP contribution in [0.15, 0.2) is 24.4 Å². The third-order valence-electron chi connectivity index (χ3n) is 5.79. The molecule has 5 rings (SSSR count). The number of aromatic amines is 1. The second kappa shape index (κ2) is 7.47. The van der Waals surface area contributed by atoms with Crippen LogP contribution < -0.4 is 4.90 Å². The van der Waals surface area contributed by atoms with Crippen LogP contribution in [0.4, 0.5) is 5.82 Å². The van der Waals surface area contributed by atoms with E-state index in [1.54, 1.807) is 12.3 Å². The highest BCUT2D eigenvalue weighted by atomic mass is 35.5. The Balaban J connectivity index is 1.71. The fourth-order valence-corrected chi connectivity index (χ4v) is 6.33. The summed E-state index contributed by atoms with van der Waals surface area (Å²) in [6, 6.07) is 5.58. The van der Waals surface area contributed by atoms with Gasteiger partial charge < -0.3 is 14.6 Å². The number of aromatic nitrogens is 4. The van der Waals surface area contributed by atoms with E-state index in [0.29, 0.717) is 60.7 Å². The lowest BCUT2D eigenvalue weighted by molar-refractivity contribution is 0.0985. The lowest BCUT2D eigenvalue weighted by Crippen LogP contribution is -2.44. The van der Waals surface area contributed by atoms with Crippen molar-refractivity contribution in [3.8, 4) is 11.4 Å². The van der Waals surface area contributed by atoms with E-state index in [1.165, 1.54) is 0 Å². The molecule has 2 unspecified atom stereocenters. The summed E-state index contributed by atoms with van der Waals surface area (Å²) in [4.78, 5) is 19.1. The van der Waals surface area contributed by atoms with E-state index in [0.717, 1.165) is 10.9 Å². The molecule has 0 amide bonds. The molecule has 3 aromatic heterocycles. The van der Waals surface area contributed by atoms with Crippen LogP contribution in [-0.2, 0) is 14.6 Å². The summed E-state index contributed by atoms with van der Waals surface area (Å²) in [7, 11) is -3.22. The van der Waals surface area contributed by atoms with E-state index in [-0.39, 0.29) is 11.8 Å². The van der Waals surface area contributed by atoms with E-state index >= 15 is 0 Å². The smallest absolute Gasteiger partial charge is 0.162 e. The van der Waals surface area contributed by atoms with Gasteiger partial charge in [-0.05, 0) is 31.9 Å². The number of H-pyrrole nitrogens is 1. The molecule has 1 N–H and O–H groups in total. The third kappa shape index (κ3) is 3.44. The van der Waals surface area contributed by atoms with E-state index in [2.05, 4.69) is 21.8 Å². The molecule has 2 aliphatic rings. The van der Waals surface area contributed by atoms with Crippen molar-refractivity contribution >= 4 is 38.3 Å². The first-order chi connectivity index (χ1) is 14.4. The normalized spacial score (nSPS) is 23.9. The molecular weight excluding hydrogens is 426 g/mol. The summed E-state index contributed by atoms with van der Waals surface area (Å²) in [5.74, 6) is 1.37. The molecule has 0 aliphatic carbocycles. The molecule has 2 fully saturated rings. The highest BCUT2D eigenvalue weighted by Crippen LogP contribution is 2.37. The van der Waals surface area contributed by atoms with Gasteiger partial charge in [-0.3, -0.25) is 0 Å². The predicted octanol–water partition coefficient (Wildman–Crippen LogP) is 3.15. The molecule has 30 heavy (non-hydrogen) atoms. The minimum atomic E-state index is -3.22. The minimum Gasteiger partial charge on any atom is -0.377 e. The Morgan fingerprint density at radius 3 is 2.90 bits per heavy atom. The molecule has 2 aliphatic heterocycles. The van der Waals surface area contributed by atoms with Crippen LogP contribution in [-0.4, -0.2) is 59.9 Å². The number of pyridine rings is 1. The lowest BCUT2D eigenvalue weighted by Gasteiger charge is -2.34. The predicted molar refractivity (Wildman–Crippen MR) is 116 cm³/mol. The van der Waals surface area contributed by atoms with Crippen molar-refractivity contribution in [1.29, 1.82) is 0 Å². The molecule has 0 spiro atoms. The van der Waals surface area contributed by atoms with Gasteiger partial charge in [0.25, 0.3) is 0 Å². The van der Waals surface area contributed by atoms with Gasteiger partial charge in [-0.1, -0.05) is 11.6 Å². The van der Waals surface area contributed by atoms with Crippen molar-refractivity contribution in [2.24, 2.45) is 0 Å². The highest BCUT2D eigenvalue weighted by Gasteiger charge is 2.35. The Bertz CT molecular complexity index is 1210. The Hall–Kier alpha value is -2.23. The van der Waals surface area contributed by atoms with Gasteiger partial charge in [0.05, 0.1) is 30.7 Å². The van der Waals surface area contributed by atoms with E-state index in [1.807, 2.05) is 12.1 Å². The van der Waals surface area contributed by atoms with Crippen LogP contribution in [0.5, 0.6) is 0 Å². The zero-order valence-electron chi connectivity index (χ0n) is 16.5. The van der Waals surface area contributed by atoms with Gasteiger partial charge in [-0.25, -0.2) is 23.4 Å². The molecule has 0 saturated carbocycles. The summed E-state index contributed by atoms with van der Waals surface area (Å²) in [6.45, 7) is 3.95. The second-order valence-electron chi connectivity index (χ2n) is 7.82. The summed E-state index contributed by atoms with van der Waals surface area (Å²) in [5.41, 5.74) is 1.91. The zero-order chi connectivity index (χ0) is 20.9. The van der Waals surface area contributed by atoms with Crippen LogP contribution in [0, 0.1) is 0 Å². The van der Waals surface area contributed by atoms with Crippen molar-refractivity contribution in [2.45, 2.75) is 31.1 Å².